The molecule has 0 radical (unpaired) electrons. The minimum absolute atomic E-state index is 0.482. The van der Waals surface area contributed by atoms with Gasteiger partial charge in [-0.1, -0.05) is 0 Å². The van der Waals surface area contributed by atoms with E-state index in [4.69, 9.17) is 0 Å². The third-order valence-corrected chi connectivity index (χ3v) is 16.3. The zero-order chi connectivity index (χ0) is 10.2. The van der Waals surface area contributed by atoms with Crippen molar-refractivity contribution in [3.63, 3.8) is 0 Å². The Morgan fingerprint density at radius 3 is 2.43 bits per heavy atom. The summed E-state index contributed by atoms with van der Waals surface area (Å²) in [6, 6.07) is 0. The van der Waals surface area contributed by atoms with Crippen LogP contribution in [-0.4, -0.2) is 8.11 Å². The van der Waals surface area contributed by atoms with E-state index in [1.165, 1.54) is 8.11 Å². The van der Waals surface area contributed by atoms with Gasteiger partial charge in [0.05, 0.1) is 0 Å². The molecule has 2 heteroatoms. The van der Waals surface area contributed by atoms with Crippen molar-refractivity contribution in [1.82, 2.24) is 0 Å². The molecular weight excluding hydrogens is 220 g/mol. The standard InChI is InChI=1S/C7H9.C5H5.H3Si.Ti/c1-6-4-3-5-7(6)2;1-2-4-5-3-1;;/h3-5H,1-2H3;1-5H;1H3;. The number of allylic oxidation sites excluding steroid dienone is 8. The van der Waals surface area contributed by atoms with Gasteiger partial charge in [-0.05, 0) is 0 Å². The summed E-state index contributed by atoms with van der Waals surface area (Å²) >= 11 is -0.961. The summed E-state index contributed by atoms with van der Waals surface area (Å²) in [5.74, 6) is 0. The first-order valence-electron chi connectivity index (χ1n) is 5.20. The maximum absolute atomic E-state index is 2.45. The Hall–Kier alpha value is -0.109. The van der Waals surface area contributed by atoms with E-state index in [0.717, 1.165) is 4.22 Å². The average molecular weight is 237 g/mol. The Morgan fingerprint density at radius 1 is 1.29 bits per heavy atom. The van der Waals surface area contributed by atoms with Crippen LogP contribution in [0.1, 0.15) is 13.8 Å². The van der Waals surface area contributed by atoms with E-state index < -0.39 is 17.1 Å². The molecule has 2 aliphatic carbocycles. The maximum atomic E-state index is 2.45. The second-order valence-electron chi connectivity index (χ2n) is 4.39. The second kappa shape index (κ2) is 3.80. The number of hydrogen-bond acceptors (Lipinski definition) is 0. The molecule has 73 valence electrons. The molecule has 1 atom stereocenters. The van der Waals surface area contributed by atoms with Crippen LogP contribution in [0.4, 0.5) is 0 Å². The first kappa shape index (κ1) is 10.4. The Bertz CT molecular complexity index is 339. The summed E-state index contributed by atoms with van der Waals surface area (Å²) in [6.07, 6.45) is 16.3. The third kappa shape index (κ3) is 1.58. The van der Waals surface area contributed by atoms with E-state index in [1.54, 1.807) is 5.57 Å². The fourth-order valence-corrected chi connectivity index (χ4v) is 10.1. The zero-order valence-electron chi connectivity index (χ0n) is 9.12. The van der Waals surface area contributed by atoms with E-state index in [0.29, 0.717) is 3.72 Å². The van der Waals surface area contributed by atoms with Crippen LogP contribution in [-0.2, 0) is 17.1 Å². The summed E-state index contributed by atoms with van der Waals surface area (Å²) in [4.78, 5) is 0. The normalized spacial score (nSPS) is 30.3. The van der Waals surface area contributed by atoms with Gasteiger partial charge in [0, 0.05) is 0 Å². The van der Waals surface area contributed by atoms with Gasteiger partial charge in [0.15, 0.2) is 0 Å². The average Bonchev–Trinajstić information content (AvgIpc) is 2.77. The second-order valence-corrected chi connectivity index (χ2v) is 13.6. The van der Waals surface area contributed by atoms with Crippen molar-refractivity contribution in [3.8, 4) is 0 Å². The molecule has 0 aromatic rings. The molecule has 1 unspecified atom stereocenters. The Labute approximate surface area is 94.9 Å². The molecule has 0 saturated heterocycles. The zero-order valence-corrected chi connectivity index (χ0v) is 12.7. The summed E-state index contributed by atoms with van der Waals surface area (Å²) in [7, 11) is 1.41. The van der Waals surface area contributed by atoms with Crippen molar-refractivity contribution in [2.45, 2.75) is 21.8 Å². The van der Waals surface area contributed by atoms with Crippen LogP contribution < -0.4 is 0 Å². The van der Waals surface area contributed by atoms with Gasteiger partial charge in [0.25, 0.3) is 0 Å². The summed E-state index contributed by atoms with van der Waals surface area (Å²) in [6.45, 7) is 4.75. The predicted molar refractivity (Wildman–Crippen MR) is 63.2 cm³/mol. The SMILES string of the molecule is CC1=CC=C[C]1(C)[Ti]([SiH3])[CH]1C=CC=C1. The van der Waals surface area contributed by atoms with E-state index in [-0.39, 0.29) is 0 Å². The van der Waals surface area contributed by atoms with Crippen LogP contribution in [0, 0.1) is 0 Å². The predicted octanol–water partition coefficient (Wildman–Crippen LogP) is 2.49. The fraction of sp³-hybridized carbons (Fsp3) is 0.333. The molecule has 0 amide bonds. The summed E-state index contributed by atoms with van der Waals surface area (Å²) < 4.78 is 1.31. The van der Waals surface area contributed by atoms with Crippen molar-refractivity contribution < 1.29 is 17.1 Å². The molecule has 2 rings (SSSR count). The van der Waals surface area contributed by atoms with Gasteiger partial charge in [-0.3, -0.25) is 0 Å². The molecule has 0 aliphatic heterocycles. The molecule has 0 bridgehead atoms. The summed E-state index contributed by atoms with van der Waals surface area (Å²) in [5.41, 5.74) is 1.59. The van der Waals surface area contributed by atoms with Gasteiger partial charge in [0.1, 0.15) is 0 Å². The van der Waals surface area contributed by atoms with Crippen molar-refractivity contribution in [2.75, 3.05) is 0 Å². The van der Waals surface area contributed by atoms with Crippen LogP contribution in [0.15, 0.2) is 48.1 Å². The molecular formula is C12H17SiTi. The fourth-order valence-electron chi connectivity index (χ4n) is 2.20. The molecule has 2 aliphatic rings. The molecule has 0 spiro atoms. The van der Waals surface area contributed by atoms with E-state index >= 15 is 0 Å². The molecule has 14 heavy (non-hydrogen) atoms. The molecule has 0 heterocycles. The van der Waals surface area contributed by atoms with Crippen molar-refractivity contribution in [3.05, 3.63) is 48.1 Å². The Kier molecular flexibility index (Phi) is 2.83. The molecule has 0 fully saturated rings. The van der Waals surface area contributed by atoms with Gasteiger partial charge in [-0.25, -0.2) is 0 Å². The number of hydrogen-bond donors (Lipinski definition) is 0. The van der Waals surface area contributed by atoms with Crippen LogP contribution in [0.2, 0.25) is 7.94 Å². The van der Waals surface area contributed by atoms with Crippen LogP contribution >= 0.6 is 0 Å². The van der Waals surface area contributed by atoms with Gasteiger partial charge in [0.2, 0.25) is 0 Å². The topological polar surface area (TPSA) is 0 Å². The van der Waals surface area contributed by atoms with E-state index in [9.17, 15) is 0 Å². The Balaban J connectivity index is 2.22. The van der Waals surface area contributed by atoms with Crippen molar-refractivity contribution in [1.29, 1.82) is 0 Å². The molecule has 0 nitrogen and oxygen atoms in total. The van der Waals surface area contributed by atoms with Crippen LogP contribution in [0.5, 0.6) is 0 Å². The van der Waals surface area contributed by atoms with Crippen LogP contribution in [0.25, 0.3) is 0 Å². The molecule has 0 saturated carbocycles. The van der Waals surface area contributed by atoms with Gasteiger partial charge >= 0.3 is 95.1 Å². The van der Waals surface area contributed by atoms with Gasteiger partial charge < -0.3 is 0 Å². The molecule has 0 aromatic heterocycles. The Morgan fingerprint density at radius 2 is 1.93 bits per heavy atom. The molecule has 0 N–H and O–H groups in total. The first-order chi connectivity index (χ1) is 6.64. The molecule has 0 aromatic carbocycles. The van der Waals surface area contributed by atoms with Crippen LogP contribution in [0.3, 0.4) is 0 Å². The monoisotopic (exact) mass is 237 g/mol. The van der Waals surface area contributed by atoms with Crippen molar-refractivity contribution >= 4 is 8.11 Å². The minimum atomic E-state index is -0.961. The first-order valence-corrected chi connectivity index (χ1v) is 12.6. The van der Waals surface area contributed by atoms with Gasteiger partial charge in [-0.15, -0.1) is 0 Å². The summed E-state index contributed by atoms with van der Waals surface area (Å²) in [5, 5.41) is 0. The van der Waals surface area contributed by atoms with E-state index in [2.05, 4.69) is 56.4 Å². The third-order valence-electron chi connectivity index (χ3n) is 3.66. The van der Waals surface area contributed by atoms with Gasteiger partial charge in [-0.2, -0.15) is 0 Å². The quantitative estimate of drug-likeness (QED) is 0.647. The van der Waals surface area contributed by atoms with E-state index in [1.807, 2.05) is 0 Å². The van der Waals surface area contributed by atoms with Crippen molar-refractivity contribution in [2.24, 2.45) is 0 Å². The number of rotatable bonds is 2.